The van der Waals surface area contributed by atoms with E-state index in [1.54, 1.807) is 11.8 Å². The van der Waals surface area contributed by atoms with E-state index >= 15 is 0 Å². The minimum Gasteiger partial charge on any atom is -0.399 e. The Bertz CT molecular complexity index is 511. The molecule has 16 heavy (non-hydrogen) atoms. The first-order valence-electron chi connectivity index (χ1n) is 4.95. The second-order valence-corrected chi connectivity index (χ2v) is 5.52. The molecule has 2 rings (SSSR count). The highest BCUT2D eigenvalue weighted by molar-refractivity contribution is 9.10. The molecule has 2 N–H and O–H groups in total. The van der Waals surface area contributed by atoms with Crippen LogP contribution in [0.15, 0.2) is 56.7 Å². The molecule has 2 aromatic carbocycles. The van der Waals surface area contributed by atoms with Crippen molar-refractivity contribution in [1.29, 1.82) is 0 Å². The highest BCUT2D eigenvalue weighted by Gasteiger charge is 2.02. The summed E-state index contributed by atoms with van der Waals surface area (Å²) in [5.41, 5.74) is 7.76. The molecule has 0 unspecified atom stereocenters. The van der Waals surface area contributed by atoms with Gasteiger partial charge in [-0.2, -0.15) is 0 Å². The molecule has 0 aromatic heterocycles. The van der Waals surface area contributed by atoms with Crippen molar-refractivity contribution in [2.45, 2.75) is 16.7 Å². The molecule has 0 saturated carbocycles. The van der Waals surface area contributed by atoms with E-state index in [2.05, 4.69) is 28.1 Å². The summed E-state index contributed by atoms with van der Waals surface area (Å²) in [6, 6.07) is 14.3. The smallest absolute Gasteiger partial charge is 0.0344 e. The largest absolute Gasteiger partial charge is 0.399 e. The molecule has 0 aliphatic rings. The Hall–Kier alpha value is -0.930. The molecule has 1 nitrogen and oxygen atoms in total. The molecule has 2 aromatic rings. The molecular weight excluding hydrogens is 282 g/mol. The van der Waals surface area contributed by atoms with Gasteiger partial charge >= 0.3 is 0 Å². The van der Waals surface area contributed by atoms with E-state index in [4.69, 9.17) is 5.73 Å². The summed E-state index contributed by atoms with van der Waals surface area (Å²) in [5, 5.41) is 0. The zero-order chi connectivity index (χ0) is 11.5. The minimum absolute atomic E-state index is 0.844. The van der Waals surface area contributed by atoms with Crippen LogP contribution in [0.4, 0.5) is 5.69 Å². The summed E-state index contributed by atoms with van der Waals surface area (Å²) in [6.07, 6.45) is 0. The van der Waals surface area contributed by atoms with Crippen molar-refractivity contribution < 1.29 is 0 Å². The van der Waals surface area contributed by atoms with Crippen molar-refractivity contribution in [3.63, 3.8) is 0 Å². The summed E-state index contributed by atoms with van der Waals surface area (Å²) < 4.78 is 1.12. The zero-order valence-corrected chi connectivity index (χ0v) is 11.3. The van der Waals surface area contributed by atoms with Gasteiger partial charge in [-0.3, -0.25) is 0 Å². The molecule has 0 amide bonds. The highest BCUT2D eigenvalue weighted by atomic mass is 79.9. The Labute approximate surface area is 108 Å². The maximum Gasteiger partial charge on any atom is 0.0344 e. The van der Waals surface area contributed by atoms with Crippen LogP contribution in [-0.2, 0) is 0 Å². The van der Waals surface area contributed by atoms with Crippen LogP contribution < -0.4 is 5.73 Å². The van der Waals surface area contributed by atoms with Crippen LogP contribution in [0.5, 0.6) is 0 Å². The van der Waals surface area contributed by atoms with Gasteiger partial charge in [-0.1, -0.05) is 23.9 Å². The van der Waals surface area contributed by atoms with Gasteiger partial charge < -0.3 is 5.73 Å². The Morgan fingerprint density at radius 2 is 1.88 bits per heavy atom. The third-order valence-electron chi connectivity index (χ3n) is 2.31. The molecule has 0 radical (unpaired) electrons. The first-order chi connectivity index (χ1) is 7.66. The Morgan fingerprint density at radius 1 is 1.12 bits per heavy atom. The summed E-state index contributed by atoms with van der Waals surface area (Å²) >= 11 is 5.28. The number of rotatable bonds is 2. The fourth-order valence-corrected chi connectivity index (χ4v) is 2.83. The summed E-state index contributed by atoms with van der Waals surface area (Å²) in [5.74, 6) is 0. The van der Waals surface area contributed by atoms with Gasteiger partial charge in [0.05, 0.1) is 0 Å². The van der Waals surface area contributed by atoms with Gasteiger partial charge in [0.1, 0.15) is 0 Å². The predicted molar refractivity (Wildman–Crippen MR) is 73.9 cm³/mol. The third kappa shape index (κ3) is 2.60. The van der Waals surface area contributed by atoms with E-state index < -0.39 is 0 Å². The monoisotopic (exact) mass is 293 g/mol. The van der Waals surface area contributed by atoms with Gasteiger partial charge in [0, 0.05) is 20.0 Å². The van der Waals surface area contributed by atoms with E-state index in [1.165, 1.54) is 9.79 Å². The lowest BCUT2D eigenvalue weighted by molar-refractivity contribution is 1.34. The van der Waals surface area contributed by atoms with Crippen LogP contribution in [0.1, 0.15) is 5.56 Å². The second kappa shape index (κ2) is 4.93. The minimum atomic E-state index is 0.844. The number of nitrogens with two attached hydrogens (primary N) is 1. The first-order valence-corrected chi connectivity index (χ1v) is 6.56. The first kappa shape index (κ1) is 11.6. The van der Waals surface area contributed by atoms with E-state index in [-0.39, 0.29) is 0 Å². The van der Waals surface area contributed by atoms with Gasteiger partial charge in [-0.25, -0.2) is 0 Å². The molecular formula is C13H12BrNS. The summed E-state index contributed by atoms with van der Waals surface area (Å²) in [7, 11) is 0. The normalized spacial score (nSPS) is 10.4. The van der Waals surface area contributed by atoms with Crippen molar-refractivity contribution in [2.75, 3.05) is 5.73 Å². The number of hydrogen-bond donors (Lipinski definition) is 1. The molecule has 0 atom stereocenters. The number of aryl methyl sites for hydroxylation is 1. The third-order valence-corrected chi connectivity index (χ3v) is 4.33. The summed E-state index contributed by atoms with van der Waals surface area (Å²) in [6.45, 7) is 2.03. The van der Waals surface area contributed by atoms with Gasteiger partial charge in [0.15, 0.2) is 0 Å². The van der Waals surface area contributed by atoms with Gasteiger partial charge in [-0.05, 0) is 58.7 Å². The number of benzene rings is 2. The fourth-order valence-electron chi connectivity index (χ4n) is 1.37. The molecule has 0 bridgehead atoms. The molecule has 3 heteroatoms. The van der Waals surface area contributed by atoms with Crippen molar-refractivity contribution in [3.8, 4) is 0 Å². The van der Waals surface area contributed by atoms with E-state index in [9.17, 15) is 0 Å². The average molecular weight is 294 g/mol. The lowest BCUT2D eigenvalue weighted by Gasteiger charge is -2.06. The molecule has 0 heterocycles. The number of nitrogen functional groups attached to an aromatic ring is 1. The maximum absolute atomic E-state index is 5.79. The standard InChI is InChI=1S/C13H12BrNS/c1-9-8-10(6-7-12(9)15)16-13-5-3-2-4-11(13)14/h2-8H,15H2,1H3. The SMILES string of the molecule is Cc1cc(Sc2ccccc2Br)ccc1N. The number of halogens is 1. The lowest BCUT2D eigenvalue weighted by atomic mass is 10.2. The fraction of sp³-hybridized carbons (Fsp3) is 0.0769. The number of anilines is 1. The molecule has 82 valence electrons. The quantitative estimate of drug-likeness (QED) is 0.826. The summed E-state index contributed by atoms with van der Waals surface area (Å²) in [4.78, 5) is 2.42. The maximum atomic E-state index is 5.79. The molecule has 0 aliphatic carbocycles. The van der Waals surface area contributed by atoms with Gasteiger partial charge in [-0.15, -0.1) is 0 Å². The van der Waals surface area contributed by atoms with Crippen molar-refractivity contribution in [2.24, 2.45) is 0 Å². The highest BCUT2D eigenvalue weighted by Crippen LogP contribution is 2.34. The zero-order valence-electron chi connectivity index (χ0n) is 8.91. The van der Waals surface area contributed by atoms with Crippen molar-refractivity contribution in [1.82, 2.24) is 0 Å². The van der Waals surface area contributed by atoms with Crippen LogP contribution in [0.3, 0.4) is 0 Å². The molecule has 0 saturated heterocycles. The molecule has 0 spiro atoms. The molecule has 0 aliphatic heterocycles. The lowest BCUT2D eigenvalue weighted by Crippen LogP contribution is -1.88. The second-order valence-electron chi connectivity index (χ2n) is 3.55. The molecule has 0 fully saturated rings. The van der Waals surface area contributed by atoms with Gasteiger partial charge in [0.2, 0.25) is 0 Å². The average Bonchev–Trinajstić information content (AvgIpc) is 2.27. The van der Waals surface area contributed by atoms with Gasteiger partial charge in [0.25, 0.3) is 0 Å². The number of hydrogen-bond acceptors (Lipinski definition) is 2. The Kier molecular flexibility index (Phi) is 3.56. The topological polar surface area (TPSA) is 26.0 Å². The van der Waals surface area contributed by atoms with E-state index in [0.29, 0.717) is 0 Å². The van der Waals surface area contributed by atoms with Crippen LogP contribution >= 0.6 is 27.7 Å². The van der Waals surface area contributed by atoms with Crippen LogP contribution in [0.25, 0.3) is 0 Å². The van der Waals surface area contributed by atoms with Crippen LogP contribution in [-0.4, -0.2) is 0 Å². The Balaban J connectivity index is 2.28. The van der Waals surface area contributed by atoms with Crippen molar-refractivity contribution in [3.05, 3.63) is 52.5 Å². The predicted octanol–water partition coefficient (Wildman–Crippen LogP) is 4.49. The van der Waals surface area contributed by atoms with Crippen molar-refractivity contribution >= 4 is 33.4 Å². The van der Waals surface area contributed by atoms with E-state index in [1.807, 2.05) is 37.3 Å². The van der Waals surface area contributed by atoms with E-state index in [0.717, 1.165) is 15.7 Å². The van der Waals surface area contributed by atoms with Crippen LogP contribution in [0, 0.1) is 6.92 Å². The van der Waals surface area contributed by atoms with Crippen LogP contribution in [0.2, 0.25) is 0 Å². The Morgan fingerprint density at radius 3 is 2.56 bits per heavy atom.